The van der Waals surface area contributed by atoms with Crippen LogP contribution in [0.2, 0.25) is 0 Å². The fourth-order valence-corrected chi connectivity index (χ4v) is 3.02. The van der Waals surface area contributed by atoms with E-state index in [1.54, 1.807) is 0 Å². The third-order valence-corrected chi connectivity index (χ3v) is 4.44. The number of ether oxygens (including phenoxy) is 1. The molecule has 1 atom stereocenters. The molecular weight excluding hydrogens is 300 g/mol. The maximum atomic E-state index is 12.4. The number of nitrogens with zero attached hydrogens (tertiary/aromatic N) is 1. The summed E-state index contributed by atoms with van der Waals surface area (Å²) >= 11 is 0. The predicted octanol–water partition coefficient (Wildman–Crippen LogP) is 2.80. The van der Waals surface area contributed by atoms with Gasteiger partial charge in [-0.15, -0.1) is 0 Å². The van der Waals surface area contributed by atoms with Crippen LogP contribution in [0.1, 0.15) is 27.5 Å². The van der Waals surface area contributed by atoms with Gasteiger partial charge in [0.1, 0.15) is 0 Å². The summed E-state index contributed by atoms with van der Waals surface area (Å²) in [5, 5.41) is 3.09. The van der Waals surface area contributed by atoms with Crippen LogP contribution in [0.3, 0.4) is 0 Å². The van der Waals surface area contributed by atoms with Crippen LogP contribution in [-0.2, 0) is 4.74 Å². The Morgan fingerprint density at radius 1 is 1.08 bits per heavy atom. The van der Waals surface area contributed by atoms with Crippen molar-refractivity contribution < 1.29 is 9.53 Å². The summed E-state index contributed by atoms with van der Waals surface area (Å²) in [6.45, 7) is 5.88. The first-order chi connectivity index (χ1) is 11.7. The van der Waals surface area contributed by atoms with Crippen molar-refractivity contribution in [1.82, 2.24) is 10.2 Å². The van der Waals surface area contributed by atoms with Gasteiger partial charge in [-0.05, 0) is 24.6 Å². The van der Waals surface area contributed by atoms with Crippen molar-refractivity contribution in [1.29, 1.82) is 0 Å². The molecule has 4 heteroatoms. The molecule has 0 radical (unpaired) electrons. The number of morpholine rings is 1. The van der Waals surface area contributed by atoms with Gasteiger partial charge in [0.2, 0.25) is 0 Å². The number of carbonyl (C=O) groups is 1. The number of nitrogens with one attached hydrogen (secondary N) is 1. The summed E-state index contributed by atoms with van der Waals surface area (Å²) in [5.41, 5.74) is 3.08. The highest BCUT2D eigenvalue weighted by Crippen LogP contribution is 2.21. The molecular formula is C20H24N2O2. The smallest absolute Gasteiger partial charge is 0.251 e. The average Bonchev–Trinajstić information content (AvgIpc) is 2.64. The lowest BCUT2D eigenvalue weighted by molar-refractivity contribution is 0.0162. The van der Waals surface area contributed by atoms with Gasteiger partial charge >= 0.3 is 0 Å². The van der Waals surface area contributed by atoms with Crippen molar-refractivity contribution in [2.75, 3.05) is 32.8 Å². The quantitative estimate of drug-likeness (QED) is 0.919. The zero-order chi connectivity index (χ0) is 16.8. The second-order valence-electron chi connectivity index (χ2n) is 6.15. The van der Waals surface area contributed by atoms with Crippen LogP contribution in [0.5, 0.6) is 0 Å². The molecule has 1 aliphatic rings. The summed E-state index contributed by atoms with van der Waals surface area (Å²) in [5.74, 6) is -0.0239. The molecule has 1 unspecified atom stereocenters. The standard InChI is InChI=1S/C20H24N2O2/c1-16-7-9-18(10-8-16)20(23)21-15-19(17-5-3-2-4-6-17)22-11-13-24-14-12-22/h2-10,19H,11-15H2,1H3,(H,21,23). The Hall–Kier alpha value is -2.17. The lowest BCUT2D eigenvalue weighted by atomic mass is 10.0. The van der Waals surface area contributed by atoms with E-state index in [4.69, 9.17) is 4.74 Å². The SMILES string of the molecule is Cc1ccc(C(=O)NCC(c2ccccc2)N2CCOCC2)cc1. The normalized spacial score (nSPS) is 16.5. The number of aryl methyl sites for hydroxylation is 1. The zero-order valence-electron chi connectivity index (χ0n) is 14.1. The first kappa shape index (κ1) is 16.7. The predicted molar refractivity (Wildman–Crippen MR) is 95.1 cm³/mol. The minimum Gasteiger partial charge on any atom is -0.379 e. The second-order valence-corrected chi connectivity index (χ2v) is 6.15. The lowest BCUT2D eigenvalue weighted by Crippen LogP contribution is -2.43. The number of amides is 1. The summed E-state index contributed by atoms with van der Waals surface area (Å²) in [4.78, 5) is 14.8. The van der Waals surface area contributed by atoms with Gasteiger partial charge in [0.05, 0.1) is 19.3 Å². The molecule has 0 saturated carbocycles. The lowest BCUT2D eigenvalue weighted by Gasteiger charge is -2.35. The number of hydrogen-bond donors (Lipinski definition) is 1. The summed E-state index contributed by atoms with van der Waals surface area (Å²) in [6, 6.07) is 18.2. The summed E-state index contributed by atoms with van der Waals surface area (Å²) in [6.07, 6.45) is 0. The van der Waals surface area contributed by atoms with Crippen LogP contribution >= 0.6 is 0 Å². The molecule has 1 heterocycles. The molecule has 0 aliphatic carbocycles. The van der Waals surface area contributed by atoms with Crippen LogP contribution < -0.4 is 5.32 Å². The van der Waals surface area contributed by atoms with Gasteiger partial charge in [0.25, 0.3) is 5.91 Å². The molecule has 2 aromatic rings. The van der Waals surface area contributed by atoms with E-state index in [9.17, 15) is 4.79 Å². The monoisotopic (exact) mass is 324 g/mol. The van der Waals surface area contributed by atoms with Crippen molar-refractivity contribution >= 4 is 5.91 Å². The van der Waals surface area contributed by atoms with Crippen LogP contribution in [0.15, 0.2) is 54.6 Å². The van der Waals surface area contributed by atoms with E-state index < -0.39 is 0 Å². The van der Waals surface area contributed by atoms with Crippen LogP contribution in [-0.4, -0.2) is 43.7 Å². The molecule has 0 aromatic heterocycles. The Labute approximate surface area is 143 Å². The molecule has 0 bridgehead atoms. The van der Waals surface area contributed by atoms with Crippen LogP contribution in [0.25, 0.3) is 0 Å². The molecule has 0 spiro atoms. The van der Waals surface area contributed by atoms with E-state index in [0.29, 0.717) is 12.1 Å². The Bertz CT molecular complexity index is 649. The molecule has 1 saturated heterocycles. The zero-order valence-corrected chi connectivity index (χ0v) is 14.1. The van der Waals surface area contributed by atoms with Crippen LogP contribution in [0.4, 0.5) is 0 Å². The van der Waals surface area contributed by atoms with Gasteiger partial charge in [-0.25, -0.2) is 0 Å². The first-order valence-electron chi connectivity index (χ1n) is 8.45. The van der Waals surface area contributed by atoms with Gasteiger partial charge in [-0.3, -0.25) is 9.69 Å². The Morgan fingerprint density at radius 2 is 1.75 bits per heavy atom. The highest BCUT2D eigenvalue weighted by Gasteiger charge is 2.23. The van der Waals surface area contributed by atoms with E-state index >= 15 is 0 Å². The molecule has 3 rings (SSSR count). The van der Waals surface area contributed by atoms with Gasteiger partial charge in [0.15, 0.2) is 0 Å². The Morgan fingerprint density at radius 3 is 2.42 bits per heavy atom. The van der Waals surface area contributed by atoms with Crippen molar-refractivity contribution in [2.45, 2.75) is 13.0 Å². The third kappa shape index (κ3) is 4.22. The van der Waals surface area contributed by atoms with Crippen molar-refractivity contribution in [3.63, 3.8) is 0 Å². The molecule has 1 fully saturated rings. The Balaban J connectivity index is 1.69. The Kier molecular flexibility index (Phi) is 5.62. The average molecular weight is 324 g/mol. The molecule has 126 valence electrons. The highest BCUT2D eigenvalue weighted by atomic mass is 16.5. The van der Waals surface area contributed by atoms with Crippen molar-refractivity contribution in [3.8, 4) is 0 Å². The number of benzene rings is 2. The topological polar surface area (TPSA) is 41.6 Å². The molecule has 4 nitrogen and oxygen atoms in total. The van der Waals surface area contributed by atoms with Crippen molar-refractivity contribution in [3.05, 3.63) is 71.3 Å². The highest BCUT2D eigenvalue weighted by molar-refractivity contribution is 5.94. The fourth-order valence-electron chi connectivity index (χ4n) is 3.02. The molecule has 2 aromatic carbocycles. The molecule has 1 amide bonds. The van der Waals surface area contributed by atoms with Gasteiger partial charge in [-0.1, -0.05) is 48.0 Å². The van der Waals surface area contributed by atoms with Gasteiger partial charge < -0.3 is 10.1 Å². The molecule has 24 heavy (non-hydrogen) atoms. The van der Waals surface area contributed by atoms with E-state index in [1.165, 1.54) is 5.56 Å². The second kappa shape index (κ2) is 8.08. The number of hydrogen-bond acceptors (Lipinski definition) is 3. The number of rotatable bonds is 5. The van der Waals surface area contributed by atoms with E-state index in [1.807, 2.05) is 49.4 Å². The molecule has 1 aliphatic heterocycles. The fraction of sp³-hybridized carbons (Fsp3) is 0.350. The van der Waals surface area contributed by atoms with Crippen molar-refractivity contribution in [2.24, 2.45) is 0 Å². The number of carbonyl (C=O) groups excluding carboxylic acids is 1. The third-order valence-electron chi connectivity index (χ3n) is 4.44. The summed E-state index contributed by atoms with van der Waals surface area (Å²) < 4.78 is 5.46. The minimum atomic E-state index is -0.0239. The van der Waals surface area contributed by atoms with Crippen LogP contribution in [0, 0.1) is 6.92 Å². The van der Waals surface area contributed by atoms with Gasteiger partial charge in [-0.2, -0.15) is 0 Å². The minimum absolute atomic E-state index is 0.0239. The maximum Gasteiger partial charge on any atom is 0.251 e. The molecule has 1 N–H and O–H groups in total. The van der Waals surface area contributed by atoms with E-state index in [2.05, 4.69) is 22.3 Å². The van der Waals surface area contributed by atoms with Gasteiger partial charge in [0, 0.05) is 25.2 Å². The summed E-state index contributed by atoms with van der Waals surface area (Å²) in [7, 11) is 0. The largest absolute Gasteiger partial charge is 0.379 e. The van der Waals surface area contributed by atoms with E-state index in [-0.39, 0.29) is 11.9 Å². The maximum absolute atomic E-state index is 12.4. The van der Waals surface area contributed by atoms with E-state index in [0.717, 1.165) is 31.9 Å². The first-order valence-corrected chi connectivity index (χ1v) is 8.45.